The Balaban J connectivity index is 1.87. The van der Waals surface area contributed by atoms with Gasteiger partial charge in [0.1, 0.15) is 11.5 Å². The lowest BCUT2D eigenvalue weighted by Gasteiger charge is -2.10. The van der Waals surface area contributed by atoms with Crippen molar-refractivity contribution in [2.45, 2.75) is 6.92 Å². The van der Waals surface area contributed by atoms with E-state index in [0.717, 1.165) is 11.1 Å². The predicted molar refractivity (Wildman–Crippen MR) is 99.3 cm³/mol. The molecule has 0 atom stereocenters. The summed E-state index contributed by atoms with van der Waals surface area (Å²) in [5, 5.41) is 2.66. The molecule has 6 heteroatoms. The number of carbonyl (C=O) groups excluding carboxylic acids is 2. The van der Waals surface area contributed by atoms with E-state index in [-0.39, 0.29) is 0 Å². The van der Waals surface area contributed by atoms with Crippen molar-refractivity contribution in [1.82, 2.24) is 0 Å². The molecule has 0 spiro atoms. The molecule has 0 saturated carbocycles. The van der Waals surface area contributed by atoms with Gasteiger partial charge in [-0.3, -0.25) is 4.79 Å². The molecule has 0 radical (unpaired) electrons. The van der Waals surface area contributed by atoms with E-state index >= 15 is 0 Å². The Morgan fingerprint density at radius 2 is 1.88 bits per heavy atom. The van der Waals surface area contributed by atoms with Gasteiger partial charge in [0.05, 0.1) is 19.9 Å². The highest BCUT2D eigenvalue weighted by molar-refractivity contribution is 5.95. The number of esters is 1. The largest absolute Gasteiger partial charge is 0.497 e. The molecule has 2 aromatic rings. The zero-order chi connectivity index (χ0) is 18.9. The number of anilines is 1. The Kier molecular flexibility index (Phi) is 6.79. The van der Waals surface area contributed by atoms with E-state index in [9.17, 15) is 9.59 Å². The molecule has 136 valence electrons. The van der Waals surface area contributed by atoms with E-state index in [1.54, 1.807) is 37.5 Å². The van der Waals surface area contributed by atoms with Gasteiger partial charge in [-0.05, 0) is 48.4 Å². The summed E-state index contributed by atoms with van der Waals surface area (Å²) in [6.07, 6.45) is 2.85. The third-order valence-electron chi connectivity index (χ3n) is 3.48. The molecular weight excluding hydrogens is 334 g/mol. The molecule has 0 aliphatic carbocycles. The maximum absolute atomic E-state index is 12.0. The summed E-state index contributed by atoms with van der Waals surface area (Å²) in [5.74, 6) is 0.163. The summed E-state index contributed by atoms with van der Waals surface area (Å²) < 4.78 is 15.2. The highest BCUT2D eigenvalue weighted by atomic mass is 16.5. The lowest BCUT2D eigenvalue weighted by Crippen LogP contribution is -2.20. The number of hydrogen-bond acceptors (Lipinski definition) is 5. The minimum Gasteiger partial charge on any atom is -0.497 e. The van der Waals surface area contributed by atoms with Crippen LogP contribution in [0.2, 0.25) is 0 Å². The summed E-state index contributed by atoms with van der Waals surface area (Å²) in [4.78, 5) is 23.7. The molecule has 1 amide bonds. The van der Waals surface area contributed by atoms with Gasteiger partial charge < -0.3 is 19.5 Å². The van der Waals surface area contributed by atoms with Crippen LogP contribution in [0, 0.1) is 6.92 Å². The smallest absolute Gasteiger partial charge is 0.331 e. The van der Waals surface area contributed by atoms with E-state index in [0.29, 0.717) is 17.2 Å². The fraction of sp³-hybridized carbons (Fsp3) is 0.200. The van der Waals surface area contributed by atoms with Crippen LogP contribution in [0.3, 0.4) is 0 Å². The van der Waals surface area contributed by atoms with Gasteiger partial charge in [-0.25, -0.2) is 4.79 Å². The Morgan fingerprint density at radius 1 is 1.08 bits per heavy atom. The van der Waals surface area contributed by atoms with Crippen molar-refractivity contribution in [2.75, 3.05) is 26.1 Å². The molecular formula is C20H21NO5. The minimum atomic E-state index is -0.612. The summed E-state index contributed by atoms with van der Waals surface area (Å²) in [7, 11) is 3.09. The van der Waals surface area contributed by atoms with E-state index in [2.05, 4.69) is 5.32 Å². The lowest BCUT2D eigenvalue weighted by molar-refractivity contribution is -0.142. The zero-order valence-corrected chi connectivity index (χ0v) is 14.9. The first-order chi connectivity index (χ1) is 12.5. The van der Waals surface area contributed by atoms with Gasteiger partial charge in [0.15, 0.2) is 6.61 Å². The van der Waals surface area contributed by atoms with E-state index in [1.807, 2.05) is 25.1 Å². The molecule has 0 unspecified atom stereocenters. The number of nitrogens with one attached hydrogen (secondary N) is 1. The first-order valence-corrected chi connectivity index (χ1v) is 7.95. The number of rotatable bonds is 7. The van der Waals surface area contributed by atoms with Gasteiger partial charge in [0.25, 0.3) is 5.91 Å². The third-order valence-corrected chi connectivity index (χ3v) is 3.48. The summed E-state index contributed by atoms with van der Waals surface area (Å²) in [6.45, 7) is 1.51. The van der Waals surface area contributed by atoms with Gasteiger partial charge in [-0.15, -0.1) is 0 Å². The Bertz CT molecular complexity index is 814. The molecule has 1 N–H and O–H groups in total. The monoisotopic (exact) mass is 355 g/mol. The molecule has 2 aromatic carbocycles. The van der Waals surface area contributed by atoms with Crippen LogP contribution in [-0.4, -0.2) is 32.7 Å². The Morgan fingerprint density at radius 3 is 2.62 bits per heavy atom. The van der Waals surface area contributed by atoms with Crippen LogP contribution in [0.15, 0.2) is 48.5 Å². The van der Waals surface area contributed by atoms with Gasteiger partial charge >= 0.3 is 5.97 Å². The van der Waals surface area contributed by atoms with Crippen molar-refractivity contribution in [1.29, 1.82) is 0 Å². The molecule has 0 aliphatic rings. The van der Waals surface area contributed by atoms with Crippen LogP contribution in [0.5, 0.6) is 11.5 Å². The maximum atomic E-state index is 12.0. The van der Waals surface area contributed by atoms with Gasteiger partial charge in [0.2, 0.25) is 0 Å². The predicted octanol–water partition coefficient (Wildman–Crippen LogP) is 3.21. The number of amides is 1. The number of methoxy groups -OCH3 is 2. The molecule has 26 heavy (non-hydrogen) atoms. The fourth-order valence-electron chi connectivity index (χ4n) is 2.20. The van der Waals surface area contributed by atoms with Crippen molar-refractivity contribution in [3.05, 3.63) is 59.7 Å². The van der Waals surface area contributed by atoms with Gasteiger partial charge in [-0.1, -0.05) is 18.2 Å². The first kappa shape index (κ1) is 19.1. The van der Waals surface area contributed by atoms with Crippen LogP contribution in [0.1, 0.15) is 11.1 Å². The molecule has 0 aliphatic heterocycles. The molecule has 2 rings (SSSR count). The maximum Gasteiger partial charge on any atom is 0.331 e. The summed E-state index contributed by atoms with van der Waals surface area (Å²) in [5.41, 5.74) is 2.29. The molecule has 0 fully saturated rings. The van der Waals surface area contributed by atoms with Crippen molar-refractivity contribution >= 4 is 23.6 Å². The topological polar surface area (TPSA) is 73.9 Å². The standard InChI is InChI=1S/C20H21NO5/c1-14-7-9-18(25-3)17(11-14)21-19(22)13-26-20(23)10-8-15-5-4-6-16(12-15)24-2/h4-12H,13H2,1-3H3,(H,21,22)/b10-8+. The summed E-state index contributed by atoms with van der Waals surface area (Å²) in [6, 6.07) is 12.6. The molecule has 0 heterocycles. The normalized spacial score (nSPS) is 10.4. The van der Waals surface area contributed by atoms with Crippen molar-refractivity contribution in [3.63, 3.8) is 0 Å². The van der Waals surface area contributed by atoms with Crippen LogP contribution in [0.4, 0.5) is 5.69 Å². The molecule has 0 saturated heterocycles. The van der Waals surface area contributed by atoms with E-state index < -0.39 is 18.5 Å². The molecule has 0 bridgehead atoms. The van der Waals surface area contributed by atoms with Crippen LogP contribution >= 0.6 is 0 Å². The quantitative estimate of drug-likeness (QED) is 0.610. The number of ether oxygens (including phenoxy) is 3. The lowest BCUT2D eigenvalue weighted by atomic mass is 10.2. The second kappa shape index (κ2) is 9.27. The minimum absolute atomic E-state index is 0.390. The van der Waals surface area contributed by atoms with Crippen LogP contribution < -0.4 is 14.8 Å². The van der Waals surface area contributed by atoms with Gasteiger partial charge in [0, 0.05) is 6.08 Å². The first-order valence-electron chi connectivity index (χ1n) is 7.95. The average Bonchev–Trinajstić information content (AvgIpc) is 2.65. The van der Waals surface area contributed by atoms with E-state index in [1.165, 1.54) is 13.2 Å². The SMILES string of the molecule is COc1cccc(/C=C/C(=O)OCC(=O)Nc2cc(C)ccc2OC)c1. The summed E-state index contributed by atoms with van der Waals surface area (Å²) >= 11 is 0. The fourth-order valence-corrected chi connectivity index (χ4v) is 2.20. The average molecular weight is 355 g/mol. The Hall–Kier alpha value is -3.28. The van der Waals surface area contributed by atoms with Crippen molar-refractivity contribution in [2.24, 2.45) is 0 Å². The number of aryl methyl sites for hydroxylation is 1. The van der Waals surface area contributed by atoms with Crippen LogP contribution in [0.25, 0.3) is 6.08 Å². The van der Waals surface area contributed by atoms with Crippen LogP contribution in [-0.2, 0) is 14.3 Å². The second-order valence-corrected chi connectivity index (χ2v) is 5.47. The zero-order valence-electron chi connectivity index (χ0n) is 14.9. The highest BCUT2D eigenvalue weighted by Gasteiger charge is 2.09. The molecule has 0 aromatic heterocycles. The number of benzene rings is 2. The number of hydrogen-bond donors (Lipinski definition) is 1. The van der Waals surface area contributed by atoms with Crippen molar-refractivity contribution < 1.29 is 23.8 Å². The van der Waals surface area contributed by atoms with Gasteiger partial charge in [-0.2, -0.15) is 0 Å². The number of carbonyl (C=O) groups is 2. The van der Waals surface area contributed by atoms with E-state index in [4.69, 9.17) is 14.2 Å². The molecule has 6 nitrogen and oxygen atoms in total. The van der Waals surface area contributed by atoms with Crippen molar-refractivity contribution in [3.8, 4) is 11.5 Å². The third kappa shape index (κ3) is 5.66. The Labute approximate surface area is 152 Å². The second-order valence-electron chi connectivity index (χ2n) is 5.47. The highest BCUT2D eigenvalue weighted by Crippen LogP contribution is 2.25.